The van der Waals surface area contributed by atoms with E-state index >= 15 is 0 Å². The number of hydrogen-bond acceptors (Lipinski definition) is 8. The Kier molecular flexibility index (Phi) is 32.0. The molecule has 0 amide bonds. The number of hydrogen-bond donors (Lipinski definition) is 1. The molecule has 4 aliphatic carbocycles. The summed E-state index contributed by atoms with van der Waals surface area (Å²) in [5, 5.41) is 27.7. The Morgan fingerprint density at radius 1 is 0.481 bits per heavy atom. The van der Waals surface area contributed by atoms with E-state index in [9.17, 15) is 46.5 Å². The fourth-order valence-corrected chi connectivity index (χ4v) is 19.2. The molecule has 0 saturated heterocycles. The molecule has 12 rings (SSSR count). The van der Waals surface area contributed by atoms with Gasteiger partial charge in [0.25, 0.3) is 5.92 Å². The predicted molar refractivity (Wildman–Crippen MR) is 412 cm³/mol. The molecule has 0 aromatic heterocycles. The van der Waals surface area contributed by atoms with Crippen molar-refractivity contribution in [3.8, 4) is 0 Å². The van der Waals surface area contributed by atoms with Crippen molar-refractivity contribution in [1.82, 2.24) is 0 Å². The average Bonchev–Trinajstić information content (AvgIpc) is 0.740. The van der Waals surface area contributed by atoms with Crippen LogP contribution in [-0.2, 0) is 61.9 Å². The molecule has 572 valence electrons. The molecular weight excluding hydrogens is 1500 g/mol. The zero-order valence-electron chi connectivity index (χ0n) is 65.1. The van der Waals surface area contributed by atoms with E-state index in [1.165, 1.54) is 89.2 Å². The van der Waals surface area contributed by atoms with E-state index in [-0.39, 0.29) is 83.7 Å². The Labute approximate surface area is 645 Å². The molecule has 0 spiro atoms. The highest BCUT2D eigenvalue weighted by molar-refractivity contribution is 7.97. The van der Waals surface area contributed by atoms with E-state index in [1.54, 1.807) is 0 Å². The fraction of sp³-hybridized carbons (Fsp3) is 0.433. The van der Waals surface area contributed by atoms with Crippen molar-refractivity contribution in [1.29, 1.82) is 0 Å². The number of carboxylic acids is 2. The smallest absolute Gasteiger partial charge is 0.422 e. The molecule has 8 aromatic rings. The SMILES string of the molecule is CC(C)(C)c1ccc([I+]c2ccc(C(C)(C)C)cc2)cc1.CC(C)(C)c1ccc([S+](c2ccccc2)c2ccccc2)cc1.CC(O)(C(=O)[O-])C(F)(F)F.CC(OCC(C)(F)F)C(=O)[O-].CCC(OC(=O)C12CC3CC(CC(C3)C1)C2)C(C)C.Cc1ccc([S+](c2ccc(C)cc2)c2ccc(C)cc2)cc1. The first-order valence-corrected chi connectivity index (χ1v) is 41.2. The molecule has 4 saturated carbocycles. The lowest BCUT2D eigenvalue weighted by molar-refractivity contribution is -0.597. The van der Waals surface area contributed by atoms with Gasteiger partial charge in [-0.15, -0.1) is 0 Å². The number of aliphatic hydroxyl groups is 1. The first kappa shape index (κ1) is 88.1. The largest absolute Gasteiger partial charge is 0.547 e. The second-order valence-electron chi connectivity index (χ2n) is 32.1. The Morgan fingerprint density at radius 2 is 0.774 bits per heavy atom. The van der Waals surface area contributed by atoms with Gasteiger partial charge in [0.05, 0.1) is 45.2 Å². The highest BCUT2D eigenvalue weighted by atomic mass is 127. The lowest BCUT2D eigenvalue weighted by Gasteiger charge is -2.55. The summed E-state index contributed by atoms with van der Waals surface area (Å²) < 4.78 is 71.4. The van der Waals surface area contributed by atoms with E-state index in [0.29, 0.717) is 12.8 Å². The zero-order chi connectivity index (χ0) is 78.8. The standard InChI is InChI=1S/C22H23S.C21H21S.C20H26I.C17H28O2.C6H10F2O3.C4H5F3O3/c1-22(2,3)18-14-16-21(17-15-18)23(19-10-6-4-7-11-19)20-12-8-5-9-13-20;1-16-4-10-19(11-5-16)22(20-12-6-17(2)7-13-20)21-14-8-18(3)9-15-21;1-19(2,3)15-7-11-17(12-8-15)21-18-13-9-16(10-14-18)20(4,5)6;1-4-15(11(2)3)19-16(18)17-8-12-5-13(9-17)7-14(6-12)10-17;1-4(5(9)10)11-3-6(2,7)8;1-3(10,2(8)9)4(5,6)7/h4-17H,1-3H3;4-15H,1-3H3;7-14H,1-6H3;11-15H,4-10H2,1-3H3;4H,3H2,1-2H3,(H,9,10);10H,1H3,(H,8,9)/q3*+1;;;/p-2. The summed E-state index contributed by atoms with van der Waals surface area (Å²) in [6.45, 7) is 34.2. The second-order valence-corrected chi connectivity index (χ2v) is 39.1. The summed E-state index contributed by atoms with van der Waals surface area (Å²) in [5.74, 6) is -4.01. The fourth-order valence-electron chi connectivity index (χ4n) is 13.0. The minimum atomic E-state index is -5.19. The summed E-state index contributed by atoms with van der Waals surface area (Å²) in [7, 11) is -0.0891. The van der Waals surface area contributed by atoms with Crippen LogP contribution in [0, 0.1) is 57.0 Å². The Bertz CT molecular complexity index is 3750. The van der Waals surface area contributed by atoms with E-state index < -0.39 is 42.3 Å². The van der Waals surface area contributed by atoms with E-state index in [2.05, 4.69) is 315 Å². The number of carbonyl (C=O) groups excluding carboxylic acids is 3. The molecular formula is C90H111F5IO8S2+. The number of aryl methyl sites for hydroxylation is 3. The highest BCUT2D eigenvalue weighted by Gasteiger charge is 2.56. The monoisotopic (exact) mass is 1610 g/mol. The third kappa shape index (κ3) is 26.8. The molecule has 4 fully saturated rings. The van der Waals surface area contributed by atoms with Crippen LogP contribution in [0.25, 0.3) is 0 Å². The van der Waals surface area contributed by atoms with Crippen molar-refractivity contribution < 1.29 is 82.3 Å². The molecule has 0 radical (unpaired) electrons. The van der Waals surface area contributed by atoms with Crippen molar-refractivity contribution in [2.75, 3.05) is 6.61 Å². The summed E-state index contributed by atoms with van der Waals surface area (Å²) in [5.41, 5.74) is 4.96. The third-order valence-electron chi connectivity index (χ3n) is 19.1. The number of halogens is 6. The van der Waals surface area contributed by atoms with Crippen molar-refractivity contribution in [3.05, 3.63) is 247 Å². The maximum absolute atomic E-state index is 12.7. The Balaban J connectivity index is 0.000000204. The molecule has 8 aromatic carbocycles. The number of aliphatic carboxylic acids is 2. The van der Waals surface area contributed by atoms with Gasteiger partial charge in [0, 0.05) is 6.92 Å². The van der Waals surface area contributed by atoms with Gasteiger partial charge >= 0.3 is 33.4 Å². The number of alkyl halides is 5. The van der Waals surface area contributed by atoms with E-state index in [0.717, 1.165) is 50.4 Å². The van der Waals surface area contributed by atoms with Gasteiger partial charge in [0.2, 0.25) is 0 Å². The number of benzene rings is 8. The van der Waals surface area contributed by atoms with Gasteiger partial charge in [-0.2, -0.15) is 13.2 Å². The van der Waals surface area contributed by atoms with Crippen molar-refractivity contribution >= 4 is 39.7 Å². The minimum Gasteiger partial charge on any atom is -0.547 e. The van der Waals surface area contributed by atoms with Crippen LogP contribution in [0.1, 0.15) is 182 Å². The van der Waals surface area contributed by atoms with Gasteiger partial charge < -0.3 is 34.4 Å². The van der Waals surface area contributed by atoms with Crippen LogP contribution in [0.5, 0.6) is 0 Å². The number of carboxylic acid groups (broad SMARTS) is 2. The lowest BCUT2D eigenvalue weighted by atomic mass is 9.49. The van der Waals surface area contributed by atoms with E-state index in [4.69, 9.17) is 9.84 Å². The van der Waals surface area contributed by atoms with Crippen LogP contribution in [0.4, 0.5) is 22.0 Å². The highest BCUT2D eigenvalue weighted by Crippen LogP contribution is 2.60. The topological polar surface area (TPSA) is 136 Å². The van der Waals surface area contributed by atoms with Crippen LogP contribution in [0.15, 0.2) is 236 Å². The molecule has 16 heteroatoms. The maximum atomic E-state index is 12.7. The molecule has 3 atom stereocenters. The average molecular weight is 1610 g/mol. The number of rotatable bonds is 17. The molecule has 3 unspecified atom stereocenters. The van der Waals surface area contributed by atoms with Crippen LogP contribution in [-0.4, -0.2) is 59.5 Å². The number of esters is 1. The van der Waals surface area contributed by atoms with Gasteiger partial charge in [0.1, 0.15) is 12.7 Å². The molecule has 8 nitrogen and oxygen atoms in total. The quantitative estimate of drug-likeness (QED) is 0.0412. The van der Waals surface area contributed by atoms with E-state index in [1.807, 2.05) is 0 Å². The molecule has 1 N–H and O–H groups in total. The van der Waals surface area contributed by atoms with Crippen molar-refractivity contribution in [2.45, 2.75) is 245 Å². The third-order valence-corrected chi connectivity index (χ3v) is 26.2. The maximum Gasteiger partial charge on any atom is 0.422 e. The van der Waals surface area contributed by atoms with Crippen molar-refractivity contribution in [2.24, 2.45) is 29.1 Å². The Morgan fingerprint density at radius 3 is 1.02 bits per heavy atom. The molecule has 4 bridgehead atoms. The molecule has 0 heterocycles. The predicted octanol–water partition coefficient (Wildman–Crippen LogP) is 17.2. The summed E-state index contributed by atoms with van der Waals surface area (Å²) in [4.78, 5) is 40.5. The second kappa shape index (κ2) is 38.5. The summed E-state index contributed by atoms with van der Waals surface area (Å²) in [6.07, 6.45) is 2.07. The zero-order valence-corrected chi connectivity index (χ0v) is 68.9. The van der Waals surface area contributed by atoms with Crippen LogP contribution in [0.2, 0.25) is 0 Å². The van der Waals surface area contributed by atoms with Crippen molar-refractivity contribution in [3.63, 3.8) is 0 Å². The Hall–Kier alpha value is -6.83. The lowest BCUT2D eigenvalue weighted by Crippen LogP contribution is -3.61. The number of ether oxygens (including phenoxy) is 2. The van der Waals surface area contributed by atoms with Crippen LogP contribution < -0.4 is 31.4 Å². The summed E-state index contributed by atoms with van der Waals surface area (Å²) in [6, 6.07) is 76.0. The van der Waals surface area contributed by atoms with Gasteiger partial charge in [-0.1, -0.05) is 209 Å². The van der Waals surface area contributed by atoms with Gasteiger partial charge in [0.15, 0.2) is 42.1 Å². The molecule has 4 aliphatic rings. The van der Waals surface area contributed by atoms with Gasteiger partial charge in [-0.25, -0.2) is 8.78 Å². The molecule has 0 aliphatic heterocycles. The van der Waals surface area contributed by atoms with Crippen LogP contribution >= 0.6 is 0 Å². The minimum absolute atomic E-state index is 0.0394. The van der Waals surface area contributed by atoms with Crippen LogP contribution in [0.3, 0.4) is 0 Å². The first-order valence-electron chi connectivity index (χ1n) is 36.6. The van der Waals surface area contributed by atoms with Gasteiger partial charge in [-0.05, 0) is 233 Å². The normalized spacial score (nSPS) is 17.9. The molecule has 106 heavy (non-hydrogen) atoms. The van der Waals surface area contributed by atoms with Gasteiger partial charge in [-0.3, -0.25) is 4.79 Å². The number of carbonyl (C=O) groups is 3. The first-order chi connectivity index (χ1) is 49.4. The summed E-state index contributed by atoms with van der Waals surface area (Å²) >= 11 is -0.0703.